The molecule has 6 aromatic rings. The minimum absolute atomic E-state index is 0.410. The molecule has 0 bridgehead atoms. The summed E-state index contributed by atoms with van der Waals surface area (Å²) in [6.45, 7) is 22.3. The van der Waals surface area contributed by atoms with E-state index in [2.05, 4.69) is 165 Å². The van der Waals surface area contributed by atoms with E-state index >= 15 is 0 Å². The van der Waals surface area contributed by atoms with Crippen molar-refractivity contribution in [1.82, 2.24) is 19.6 Å². The van der Waals surface area contributed by atoms with Crippen molar-refractivity contribution < 1.29 is 4.74 Å². The molecule has 4 aromatic carbocycles. The predicted octanol–water partition coefficient (Wildman–Crippen LogP) is 12.2. The summed E-state index contributed by atoms with van der Waals surface area (Å²) >= 11 is 0. The first-order valence-electron chi connectivity index (χ1n) is 18.4. The van der Waals surface area contributed by atoms with Crippen molar-refractivity contribution >= 4 is 11.4 Å². The van der Waals surface area contributed by atoms with Crippen LogP contribution in [0, 0.1) is 0 Å². The lowest BCUT2D eigenvalue weighted by molar-refractivity contribution is 0.141. The summed E-state index contributed by atoms with van der Waals surface area (Å²) < 4.78 is 10.5. The molecule has 0 N–H and O–H groups in total. The molecule has 0 saturated heterocycles. The van der Waals surface area contributed by atoms with Crippen LogP contribution < -0.4 is 9.64 Å². The third-order valence-electron chi connectivity index (χ3n) is 10.2. The topological polar surface area (TPSA) is 48.1 Å². The van der Waals surface area contributed by atoms with Gasteiger partial charge in [-0.15, -0.1) is 0 Å². The number of rotatable bonds is 9. The monoisotopic (exact) mass is 677 g/mol. The molecule has 6 nitrogen and oxygen atoms in total. The predicted molar refractivity (Wildman–Crippen MR) is 211 cm³/mol. The highest BCUT2D eigenvalue weighted by Crippen LogP contribution is 2.48. The van der Waals surface area contributed by atoms with Crippen molar-refractivity contribution in [3.05, 3.63) is 126 Å². The molecule has 3 heterocycles. The SMILES string of the molecule is CC(C)c1cccc(C(C)C)c1-c1cnn(-c2cccc(N3c4cc(-n5cc(-c6c(C(C)C)cccc6C(C)C)cn5)ccc4OC3(C)C)c2)c1. The van der Waals surface area contributed by atoms with E-state index in [-0.39, 0.29) is 0 Å². The Morgan fingerprint density at radius 1 is 0.529 bits per heavy atom. The highest BCUT2D eigenvalue weighted by molar-refractivity contribution is 5.78. The first-order chi connectivity index (χ1) is 24.3. The number of hydrogen-bond acceptors (Lipinski definition) is 4. The van der Waals surface area contributed by atoms with Crippen LogP contribution >= 0.6 is 0 Å². The molecule has 1 aliphatic heterocycles. The minimum Gasteiger partial charge on any atom is -0.466 e. The van der Waals surface area contributed by atoms with E-state index in [4.69, 9.17) is 14.9 Å². The Hall–Kier alpha value is -5.10. The number of ether oxygens (including phenoxy) is 1. The van der Waals surface area contributed by atoms with E-state index in [1.807, 2.05) is 21.8 Å². The van der Waals surface area contributed by atoms with Gasteiger partial charge in [0.2, 0.25) is 0 Å². The van der Waals surface area contributed by atoms with E-state index in [0.29, 0.717) is 23.7 Å². The summed E-state index contributed by atoms with van der Waals surface area (Å²) in [7, 11) is 0. The molecule has 0 aliphatic carbocycles. The fourth-order valence-corrected chi connectivity index (χ4v) is 7.69. The average Bonchev–Trinajstić information content (AvgIpc) is 3.84. The van der Waals surface area contributed by atoms with Gasteiger partial charge in [-0.1, -0.05) is 97.9 Å². The first-order valence-corrected chi connectivity index (χ1v) is 18.4. The molecule has 0 unspecified atom stereocenters. The lowest BCUT2D eigenvalue weighted by atomic mass is 9.86. The summed E-state index contributed by atoms with van der Waals surface area (Å²) in [6.07, 6.45) is 8.34. The van der Waals surface area contributed by atoms with E-state index in [1.54, 1.807) is 0 Å². The van der Waals surface area contributed by atoms with Crippen molar-refractivity contribution in [2.45, 2.75) is 98.6 Å². The average molecular weight is 678 g/mol. The number of aromatic nitrogens is 4. The van der Waals surface area contributed by atoms with Crippen molar-refractivity contribution in [2.75, 3.05) is 4.90 Å². The van der Waals surface area contributed by atoms with Crippen molar-refractivity contribution in [3.63, 3.8) is 0 Å². The molecular weight excluding hydrogens is 627 g/mol. The molecule has 0 fully saturated rings. The Kier molecular flexibility index (Phi) is 8.91. The van der Waals surface area contributed by atoms with Crippen LogP contribution in [-0.2, 0) is 0 Å². The van der Waals surface area contributed by atoms with Gasteiger partial charge in [-0.2, -0.15) is 10.2 Å². The molecule has 262 valence electrons. The van der Waals surface area contributed by atoms with Crippen molar-refractivity contribution in [2.24, 2.45) is 0 Å². The van der Waals surface area contributed by atoms with Crippen molar-refractivity contribution in [3.8, 4) is 39.4 Å². The summed E-state index contributed by atoms with van der Waals surface area (Å²) in [6, 6.07) is 28.3. The normalized spacial score (nSPS) is 13.9. The fourth-order valence-electron chi connectivity index (χ4n) is 7.69. The summed E-state index contributed by atoms with van der Waals surface area (Å²) in [5, 5.41) is 9.77. The number of fused-ring (bicyclic) bond motifs is 1. The standard InChI is InChI=1S/C45H51N5O/c1-28(2)37-16-12-17-38(29(3)4)43(37)32-24-46-48(26-32)34-14-11-15-36(22-34)50-41-23-35(20-21-42(41)51-45(50,9)10)49-27-33(25-47-49)44-39(30(5)6)18-13-19-40(44)31(7)8/h11-31H,1-10H3. The van der Waals surface area contributed by atoms with E-state index in [1.165, 1.54) is 33.4 Å². The zero-order valence-electron chi connectivity index (χ0n) is 31.8. The Balaban J connectivity index is 1.25. The maximum atomic E-state index is 6.56. The molecular formula is C45H51N5O. The van der Waals surface area contributed by atoms with Crippen molar-refractivity contribution in [1.29, 1.82) is 0 Å². The quantitative estimate of drug-likeness (QED) is 0.153. The lowest BCUT2D eigenvalue weighted by Crippen LogP contribution is -2.40. The molecule has 6 heteroatoms. The van der Waals surface area contributed by atoms with Crippen LogP contribution in [0.5, 0.6) is 5.75 Å². The number of anilines is 2. The van der Waals surface area contributed by atoms with E-state index in [0.717, 1.165) is 39.6 Å². The fraction of sp³-hybridized carbons (Fsp3) is 0.333. The van der Waals surface area contributed by atoms with Gasteiger partial charge in [0.05, 0.1) is 29.5 Å². The zero-order chi connectivity index (χ0) is 36.2. The van der Waals surface area contributed by atoms with Gasteiger partial charge in [0, 0.05) is 29.2 Å². The molecule has 0 atom stereocenters. The third-order valence-corrected chi connectivity index (χ3v) is 10.2. The Morgan fingerprint density at radius 3 is 1.43 bits per heavy atom. The van der Waals surface area contributed by atoms with Gasteiger partial charge in [-0.25, -0.2) is 9.36 Å². The number of benzene rings is 4. The van der Waals surface area contributed by atoms with Crippen LogP contribution in [0.4, 0.5) is 11.4 Å². The maximum absolute atomic E-state index is 6.56. The van der Waals surface area contributed by atoms with E-state index in [9.17, 15) is 0 Å². The summed E-state index contributed by atoms with van der Waals surface area (Å²) in [4.78, 5) is 2.28. The smallest absolute Gasteiger partial charge is 0.181 e. The molecule has 2 aromatic heterocycles. The molecule has 51 heavy (non-hydrogen) atoms. The van der Waals surface area contributed by atoms with Crippen LogP contribution in [0.1, 0.15) is 115 Å². The first kappa shape index (κ1) is 34.4. The van der Waals surface area contributed by atoms with E-state index < -0.39 is 5.72 Å². The van der Waals surface area contributed by atoms with Gasteiger partial charge in [0.1, 0.15) is 5.75 Å². The Bertz CT molecular complexity index is 2150. The van der Waals surface area contributed by atoms with Crippen LogP contribution in [-0.4, -0.2) is 25.3 Å². The van der Waals surface area contributed by atoms with Gasteiger partial charge in [-0.3, -0.25) is 4.90 Å². The Morgan fingerprint density at radius 2 is 0.961 bits per heavy atom. The summed E-state index contributed by atoms with van der Waals surface area (Å²) in [5.41, 5.74) is 13.7. The van der Waals surface area contributed by atoms with Gasteiger partial charge in [-0.05, 0) is 107 Å². The van der Waals surface area contributed by atoms with Crippen LogP contribution in [0.25, 0.3) is 33.6 Å². The van der Waals surface area contributed by atoms with Crippen LogP contribution in [0.3, 0.4) is 0 Å². The second-order valence-electron chi connectivity index (χ2n) is 15.6. The minimum atomic E-state index is -0.602. The molecule has 1 aliphatic rings. The second-order valence-corrected chi connectivity index (χ2v) is 15.6. The van der Waals surface area contributed by atoms with Gasteiger partial charge in [0.25, 0.3) is 0 Å². The molecule has 0 spiro atoms. The van der Waals surface area contributed by atoms with Gasteiger partial charge >= 0.3 is 0 Å². The maximum Gasteiger partial charge on any atom is 0.181 e. The van der Waals surface area contributed by atoms with Crippen LogP contribution in [0.2, 0.25) is 0 Å². The highest BCUT2D eigenvalue weighted by Gasteiger charge is 2.39. The molecule has 0 saturated carbocycles. The number of nitrogens with zero attached hydrogens (tertiary/aromatic N) is 5. The second kappa shape index (κ2) is 13.2. The molecule has 7 rings (SSSR count). The lowest BCUT2D eigenvalue weighted by Gasteiger charge is -2.32. The summed E-state index contributed by atoms with van der Waals surface area (Å²) in [5.74, 6) is 2.49. The molecule has 0 radical (unpaired) electrons. The Labute approximate surface area is 303 Å². The number of hydrogen-bond donors (Lipinski definition) is 0. The van der Waals surface area contributed by atoms with Crippen LogP contribution in [0.15, 0.2) is 104 Å². The van der Waals surface area contributed by atoms with Gasteiger partial charge in [0.15, 0.2) is 5.72 Å². The van der Waals surface area contributed by atoms with Gasteiger partial charge < -0.3 is 4.74 Å². The largest absolute Gasteiger partial charge is 0.466 e. The zero-order valence-corrected chi connectivity index (χ0v) is 31.8. The third kappa shape index (κ3) is 6.26. The highest BCUT2D eigenvalue weighted by atomic mass is 16.5. The molecule has 0 amide bonds.